The van der Waals surface area contributed by atoms with Gasteiger partial charge in [-0.3, -0.25) is 4.79 Å². The van der Waals surface area contributed by atoms with Gasteiger partial charge >= 0.3 is 0 Å². The summed E-state index contributed by atoms with van der Waals surface area (Å²) in [5, 5.41) is 10.9. The Morgan fingerprint density at radius 1 is 1.07 bits per heavy atom. The molecule has 1 aliphatic heterocycles. The summed E-state index contributed by atoms with van der Waals surface area (Å²) in [6.07, 6.45) is 0.575. The molecular formula is C19H16BrN3O4. The van der Waals surface area contributed by atoms with Crippen molar-refractivity contribution in [2.45, 2.75) is 12.8 Å². The fraction of sp³-hybridized carbons (Fsp3) is 0.211. The molecule has 1 aliphatic rings. The molecule has 0 bridgehead atoms. The number of nitrogens with one attached hydrogen (secondary N) is 1. The van der Waals surface area contributed by atoms with Crippen LogP contribution in [0.1, 0.15) is 12.3 Å². The van der Waals surface area contributed by atoms with Gasteiger partial charge in [-0.1, -0.05) is 18.2 Å². The lowest BCUT2D eigenvalue weighted by Crippen LogP contribution is -2.17. The van der Waals surface area contributed by atoms with E-state index in [0.29, 0.717) is 48.6 Å². The highest BCUT2D eigenvalue weighted by Crippen LogP contribution is 2.38. The summed E-state index contributed by atoms with van der Waals surface area (Å²) in [4.78, 5) is 12.3. The summed E-state index contributed by atoms with van der Waals surface area (Å²) in [6, 6.07) is 13.0. The smallest absolute Gasteiger partial charge is 0.247 e. The molecule has 3 aromatic rings. The van der Waals surface area contributed by atoms with Crippen LogP contribution in [0, 0.1) is 0 Å². The van der Waals surface area contributed by atoms with Crippen LogP contribution >= 0.6 is 15.9 Å². The van der Waals surface area contributed by atoms with Gasteiger partial charge in [-0.05, 0) is 28.1 Å². The van der Waals surface area contributed by atoms with E-state index in [2.05, 4.69) is 31.4 Å². The molecule has 2 aromatic carbocycles. The number of benzene rings is 2. The predicted molar refractivity (Wildman–Crippen MR) is 102 cm³/mol. The zero-order valence-corrected chi connectivity index (χ0v) is 15.9. The van der Waals surface area contributed by atoms with Crippen molar-refractivity contribution in [1.82, 2.24) is 10.2 Å². The highest BCUT2D eigenvalue weighted by molar-refractivity contribution is 9.10. The number of hydrogen-bond donors (Lipinski definition) is 1. The molecule has 0 saturated carbocycles. The summed E-state index contributed by atoms with van der Waals surface area (Å²) in [5.74, 6) is 1.98. The molecule has 1 amide bonds. The molecule has 138 valence electrons. The minimum atomic E-state index is -0.160. The van der Waals surface area contributed by atoms with Crippen LogP contribution < -0.4 is 14.8 Å². The van der Waals surface area contributed by atoms with Crippen molar-refractivity contribution in [3.8, 4) is 23.0 Å². The number of ether oxygens (including phenoxy) is 2. The first-order valence-electron chi connectivity index (χ1n) is 8.46. The number of hydrogen-bond acceptors (Lipinski definition) is 6. The molecular weight excluding hydrogens is 414 g/mol. The fourth-order valence-corrected chi connectivity index (χ4v) is 3.07. The van der Waals surface area contributed by atoms with Gasteiger partial charge in [-0.15, -0.1) is 10.2 Å². The van der Waals surface area contributed by atoms with Crippen LogP contribution in [-0.4, -0.2) is 29.3 Å². The summed E-state index contributed by atoms with van der Waals surface area (Å²) in [7, 11) is 0. The van der Waals surface area contributed by atoms with E-state index in [1.54, 1.807) is 12.1 Å². The lowest BCUT2D eigenvalue weighted by atomic mass is 10.2. The van der Waals surface area contributed by atoms with Crippen LogP contribution in [0.2, 0.25) is 0 Å². The Morgan fingerprint density at radius 3 is 2.59 bits per heavy atom. The predicted octanol–water partition coefficient (Wildman–Crippen LogP) is 3.84. The van der Waals surface area contributed by atoms with Gasteiger partial charge in [-0.2, -0.15) is 0 Å². The highest BCUT2D eigenvalue weighted by atomic mass is 79.9. The summed E-state index contributed by atoms with van der Waals surface area (Å²) in [6.45, 7) is 1.00. The third-order valence-electron chi connectivity index (χ3n) is 3.96. The molecule has 0 radical (unpaired) electrons. The number of aromatic nitrogens is 2. The Labute approximate surface area is 163 Å². The Kier molecular flexibility index (Phi) is 5.06. The maximum absolute atomic E-state index is 12.3. The number of amides is 1. The van der Waals surface area contributed by atoms with Gasteiger partial charge in [0, 0.05) is 35.0 Å². The van der Waals surface area contributed by atoms with E-state index < -0.39 is 0 Å². The number of carbonyl (C=O) groups is 1. The second-order valence-electron chi connectivity index (χ2n) is 5.89. The van der Waals surface area contributed by atoms with Crippen molar-refractivity contribution in [1.29, 1.82) is 0 Å². The Morgan fingerprint density at radius 2 is 1.81 bits per heavy atom. The second kappa shape index (κ2) is 7.79. The van der Waals surface area contributed by atoms with Crippen LogP contribution in [0.5, 0.6) is 11.5 Å². The Bertz CT molecular complexity index is 959. The molecule has 1 N–H and O–H groups in total. The molecule has 7 nitrogen and oxygen atoms in total. The largest absolute Gasteiger partial charge is 0.486 e. The molecule has 0 saturated heterocycles. The molecule has 0 spiro atoms. The van der Waals surface area contributed by atoms with E-state index in [-0.39, 0.29) is 12.3 Å². The normalized spacial score (nSPS) is 12.6. The topological polar surface area (TPSA) is 86.5 Å². The van der Waals surface area contributed by atoms with Crippen molar-refractivity contribution >= 4 is 27.5 Å². The third kappa shape index (κ3) is 4.11. The van der Waals surface area contributed by atoms with E-state index >= 15 is 0 Å². The van der Waals surface area contributed by atoms with E-state index in [9.17, 15) is 4.79 Å². The van der Waals surface area contributed by atoms with E-state index in [0.717, 1.165) is 10.0 Å². The van der Waals surface area contributed by atoms with Crippen molar-refractivity contribution in [2.24, 2.45) is 0 Å². The molecule has 0 unspecified atom stereocenters. The van der Waals surface area contributed by atoms with Gasteiger partial charge in [0.05, 0.1) is 5.69 Å². The van der Waals surface area contributed by atoms with Gasteiger partial charge in [0.2, 0.25) is 17.7 Å². The number of aryl methyl sites for hydroxylation is 1. The van der Waals surface area contributed by atoms with Gasteiger partial charge in [0.1, 0.15) is 13.2 Å². The maximum Gasteiger partial charge on any atom is 0.247 e. The zero-order valence-electron chi connectivity index (χ0n) is 14.3. The second-order valence-corrected chi connectivity index (χ2v) is 6.75. The highest BCUT2D eigenvalue weighted by Gasteiger charge is 2.17. The molecule has 2 heterocycles. The van der Waals surface area contributed by atoms with Gasteiger partial charge < -0.3 is 19.2 Å². The van der Waals surface area contributed by atoms with Gasteiger partial charge in [-0.25, -0.2) is 0 Å². The molecule has 27 heavy (non-hydrogen) atoms. The first-order chi connectivity index (χ1) is 13.2. The average molecular weight is 430 g/mol. The summed E-state index contributed by atoms with van der Waals surface area (Å²) in [5.41, 5.74) is 1.47. The van der Waals surface area contributed by atoms with Crippen LogP contribution in [0.4, 0.5) is 5.69 Å². The summed E-state index contributed by atoms with van der Waals surface area (Å²) < 4.78 is 17.4. The maximum atomic E-state index is 12.3. The molecule has 1 aromatic heterocycles. The van der Waals surface area contributed by atoms with Gasteiger partial charge in [0.25, 0.3) is 0 Å². The monoisotopic (exact) mass is 429 g/mol. The first-order valence-corrected chi connectivity index (χ1v) is 9.25. The van der Waals surface area contributed by atoms with Crippen molar-refractivity contribution in [3.05, 3.63) is 52.8 Å². The number of halogens is 1. The first kappa shape index (κ1) is 17.5. The number of rotatable bonds is 5. The van der Waals surface area contributed by atoms with E-state index in [4.69, 9.17) is 13.9 Å². The molecule has 8 heteroatoms. The summed E-state index contributed by atoms with van der Waals surface area (Å²) >= 11 is 3.44. The van der Waals surface area contributed by atoms with Crippen LogP contribution in [-0.2, 0) is 11.2 Å². The standard InChI is InChI=1S/C19H16BrN3O4/c20-13-10-15-16(26-9-8-25-15)11-14(13)21-17(24)6-7-18-22-23-19(27-18)12-4-2-1-3-5-12/h1-5,10-11H,6-9H2,(H,21,24). The van der Waals surface area contributed by atoms with Crippen molar-refractivity contribution < 1.29 is 18.7 Å². The quantitative estimate of drug-likeness (QED) is 0.662. The molecule has 0 atom stereocenters. The third-order valence-corrected chi connectivity index (χ3v) is 4.62. The molecule has 4 rings (SSSR count). The SMILES string of the molecule is O=C(CCc1nnc(-c2ccccc2)o1)Nc1cc2c(cc1Br)OCCO2. The minimum absolute atomic E-state index is 0.160. The number of nitrogens with zero attached hydrogens (tertiary/aromatic N) is 2. The molecule has 0 fully saturated rings. The lowest BCUT2D eigenvalue weighted by Gasteiger charge is -2.20. The van der Waals surface area contributed by atoms with Crippen LogP contribution in [0.25, 0.3) is 11.5 Å². The fourth-order valence-electron chi connectivity index (χ4n) is 2.64. The van der Waals surface area contributed by atoms with Crippen molar-refractivity contribution in [2.75, 3.05) is 18.5 Å². The van der Waals surface area contributed by atoms with E-state index in [1.807, 2.05) is 30.3 Å². The van der Waals surface area contributed by atoms with E-state index in [1.165, 1.54) is 0 Å². The van der Waals surface area contributed by atoms with Crippen LogP contribution in [0.15, 0.2) is 51.4 Å². The average Bonchev–Trinajstić information content (AvgIpc) is 3.17. The van der Waals surface area contributed by atoms with Crippen LogP contribution in [0.3, 0.4) is 0 Å². The number of fused-ring (bicyclic) bond motifs is 1. The number of anilines is 1. The van der Waals surface area contributed by atoms with Gasteiger partial charge in [0.15, 0.2) is 11.5 Å². The Balaban J connectivity index is 1.37. The molecule has 0 aliphatic carbocycles. The lowest BCUT2D eigenvalue weighted by molar-refractivity contribution is -0.116. The van der Waals surface area contributed by atoms with Crippen molar-refractivity contribution in [3.63, 3.8) is 0 Å². The zero-order chi connectivity index (χ0) is 18.6. The Hall–Kier alpha value is -2.87. The number of carbonyl (C=O) groups excluding carboxylic acids is 1. The minimum Gasteiger partial charge on any atom is -0.486 e.